The maximum absolute atomic E-state index is 6.21. The van der Waals surface area contributed by atoms with Crippen LogP contribution in [0.1, 0.15) is 55.7 Å². The summed E-state index contributed by atoms with van der Waals surface area (Å²) in [6.45, 7) is 3.00. The van der Waals surface area contributed by atoms with Crippen LogP contribution in [0.15, 0.2) is 29.3 Å². The molecule has 1 saturated carbocycles. The molecule has 0 amide bonds. The van der Waals surface area contributed by atoms with E-state index in [2.05, 4.69) is 41.1 Å². The predicted molar refractivity (Wildman–Crippen MR) is 83.7 cm³/mol. The first-order valence-corrected chi connectivity index (χ1v) is 7.91. The van der Waals surface area contributed by atoms with Gasteiger partial charge in [0.05, 0.1) is 12.6 Å². The van der Waals surface area contributed by atoms with E-state index < -0.39 is 0 Å². The quantitative estimate of drug-likeness (QED) is 0.838. The summed E-state index contributed by atoms with van der Waals surface area (Å²) < 4.78 is 0. The van der Waals surface area contributed by atoms with Crippen molar-refractivity contribution in [1.29, 1.82) is 0 Å². The maximum atomic E-state index is 6.21. The number of benzene rings is 1. The number of rotatable bonds is 2. The zero-order valence-corrected chi connectivity index (χ0v) is 12.4. The van der Waals surface area contributed by atoms with Crippen LogP contribution in [-0.2, 0) is 0 Å². The highest BCUT2D eigenvalue weighted by Gasteiger charge is 2.33. The average molecular weight is 271 g/mol. The van der Waals surface area contributed by atoms with E-state index in [1.165, 1.54) is 49.7 Å². The highest BCUT2D eigenvalue weighted by atomic mass is 15.3. The van der Waals surface area contributed by atoms with Gasteiger partial charge in [-0.3, -0.25) is 4.99 Å². The Balaban J connectivity index is 1.86. The van der Waals surface area contributed by atoms with Gasteiger partial charge in [0, 0.05) is 6.04 Å². The average Bonchev–Trinajstić information content (AvgIpc) is 2.66. The van der Waals surface area contributed by atoms with E-state index >= 15 is 0 Å². The summed E-state index contributed by atoms with van der Waals surface area (Å²) in [5.41, 5.74) is 8.95. The second-order valence-corrected chi connectivity index (χ2v) is 6.12. The molecule has 1 aromatic rings. The van der Waals surface area contributed by atoms with E-state index in [0.29, 0.717) is 12.1 Å². The van der Waals surface area contributed by atoms with Crippen LogP contribution in [0, 0.1) is 6.92 Å². The first-order chi connectivity index (χ1) is 9.77. The zero-order valence-electron chi connectivity index (χ0n) is 12.4. The molecule has 0 radical (unpaired) electrons. The topological polar surface area (TPSA) is 41.6 Å². The fourth-order valence-corrected chi connectivity index (χ4v) is 3.70. The molecule has 3 nitrogen and oxygen atoms in total. The molecule has 1 heterocycles. The molecule has 0 aromatic heterocycles. The van der Waals surface area contributed by atoms with E-state index in [-0.39, 0.29) is 0 Å². The van der Waals surface area contributed by atoms with E-state index in [0.717, 1.165) is 12.5 Å². The molecule has 20 heavy (non-hydrogen) atoms. The minimum atomic E-state index is 0.347. The minimum absolute atomic E-state index is 0.347. The summed E-state index contributed by atoms with van der Waals surface area (Å²) in [6, 6.07) is 9.58. The van der Waals surface area contributed by atoms with Gasteiger partial charge in [0.15, 0.2) is 5.96 Å². The summed E-state index contributed by atoms with van der Waals surface area (Å²) >= 11 is 0. The Morgan fingerprint density at radius 3 is 2.50 bits per heavy atom. The van der Waals surface area contributed by atoms with Crippen molar-refractivity contribution >= 4 is 5.96 Å². The number of nitrogens with zero attached hydrogens (tertiary/aromatic N) is 2. The van der Waals surface area contributed by atoms with E-state index in [1.54, 1.807) is 0 Å². The van der Waals surface area contributed by atoms with Crippen LogP contribution < -0.4 is 5.73 Å². The highest BCUT2D eigenvalue weighted by molar-refractivity contribution is 5.81. The number of aryl methyl sites for hydroxylation is 1. The van der Waals surface area contributed by atoms with Gasteiger partial charge >= 0.3 is 0 Å². The predicted octanol–water partition coefficient (Wildman–Crippen LogP) is 3.39. The molecule has 1 aromatic carbocycles. The molecule has 1 fully saturated rings. The Labute approximate surface area is 121 Å². The van der Waals surface area contributed by atoms with Crippen molar-refractivity contribution in [3.05, 3.63) is 35.4 Å². The monoisotopic (exact) mass is 271 g/mol. The van der Waals surface area contributed by atoms with Gasteiger partial charge in [-0.1, -0.05) is 49.9 Å². The molecule has 3 rings (SSSR count). The molecule has 1 aliphatic carbocycles. The molecule has 1 atom stereocenters. The molecule has 3 heteroatoms. The largest absolute Gasteiger partial charge is 0.370 e. The van der Waals surface area contributed by atoms with Crippen molar-refractivity contribution in [3.8, 4) is 0 Å². The molecule has 2 N–H and O–H groups in total. The second-order valence-electron chi connectivity index (χ2n) is 6.12. The molecule has 1 aliphatic heterocycles. The van der Waals surface area contributed by atoms with Gasteiger partial charge in [0.1, 0.15) is 0 Å². The third kappa shape index (κ3) is 2.54. The normalized spacial score (nSPS) is 24.6. The third-order valence-electron chi connectivity index (χ3n) is 4.79. The lowest BCUT2D eigenvalue weighted by Crippen LogP contribution is -2.43. The Morgan fingerprint density at radius 1 is 1.10 bits per heavy atom. The molecule has 1 unspecified atom stereocenters. The highest BCUT2D eigenvalue weighted by Crippen LogP contribution is 2.33. The molecule has 108 valence electrons. The molecule has 0 spiro atoms. The zero-order chi connectivity index (χ0) is 13.9. The summed E-state index contributed by atoms with van der Waals surface area (Å²) in [7, 11) is 0. The number of hydrogen-bond acceptors (Lipinski definition) is 3. The van der Waals surface area contributed by atoms with Crippen molar-refractivity contribution in [1.82, 2.24) is 4.90 Å². The number of aliphatic imine (C=N–C) groups is 1. The summed E-state index contributed by atoms with van der Waals surface area (Å²) in [6.07, 6.45) is 7.92. The van der Waals surface area contributed by atoms with Crippen LogP contribution in [0.5, 0.6) is 0 Å². The minimum Gasteiger partial charge on any atom is -0.370 e. The van der Waals surface area contributed by atoms with Crippen LogP contribution in [-0.4, -0.2) is 23.4 Å². The number of hydrogen-bond donors (Lipinski definition) is 1. The van der Waals surface area contributed by atoms with Crippen LogP contribution in [0.4, 0.5) is 0 Å². The van der Waals surface area contributed by atoms with E-state index in [1.807, 2.05) is 0 Å². The fraction of sp³-hybridized carbons (Fsp3) is 0.588. The first kappa shape index (κ1) is 13.5. The Bertz CT molecular complexity index is 487. The lowest BCUT2D eigenvalue weighted by Gasteiger charge is -2.35. The standard InChI is InChI=1S/C17H25N3/c1-13-8-6-7-11-15(13)16-12-19-17(18)20(16)14-9-4-2-3-5-10-14/h6-8,11,14,16H,2-5,9-10,12H2,1H3,(H2,18,19). The third-order valence-corrected chi connectivity index (χ3v) is 4.79. The van der Waals surface area contributed by atoms with Crippen molar-refractivity contribution in [2.75, 3.05) is 6.54 Å². The van der Waals surface area contributed by atoms with Gasteiger partial charge in [-0.15, -0.1) is 0 Å². The molecule has 2 aliphatic rings. The lowest BCUT2D eigenvalue weighted by molar-refractivity contribution is 0.237. The summed E-state index contributed by atoms with van der Waals surface area (Å²) in [5.74, 6) is 0.755. The lowest BCUT2D eigenvalue weighted by atomic mass is 9.97. The van der Waals surface area contributed by atoms with Gasteiger partial charge in [-0.25, -0.2) is 0 Å². The molecular weight excluding hydrogens is 246 g/mol. The van der Waals surface area contributed by atoms with Crippen molar-refractivity contribution in [2.24, 2.45) is 10.7 Å². The molecule has 0 bridgehead atoms. The van der Waals surface area contributed by atoms with E-state index in [9.17, 15) is 0 Å². The van der Waals surface area contributed by atoms with Crippen LogP contribution in [0.3, 0.4) is 0 Å². The van der Waals surface area contributed by atoms with E-state index in [4.69, 9.17) is 5.73 Å². The van der Waals surface area contributed by atoms with Crippen LogP contribution in [0.2, 0.25) is 0 Å². The van der Waals surface area contributed by atoms with Gasteiger partial charge in [0.2, 0.25) is 0 Å². The van der Waals surface area contributed by atoms with Gasteiger partial charge in [-0.05, 0) is 30.9 Å². The maximum Gasteiger partial charge on any atom is 0.192 e. The summed E-state index contributed by atoms with van der Waals surface area (Å²) in [5, 5.41) is 0. The van der Waals surface area contributed by atoms with Crippen LogP contribution in [0.25, 0.3) is 0 Å². The van der Waals surface area contributed by atoms with Gasteiger partial charge in [-0.2, -0.15) is 0 Å². The fourth-order valence-electron chi connectivity index (χ4n) is 3.70. The second kappa shape index (κ2) is 5.86. The Kier molecular flexibility index (Phi) is 3.95. The number of nitrogens with two attached hydrogens (primary N) is 1. The molecular formula is C17H25N3. The van der Waals surface area contributed by atoms with Gasteiger partial charge < -0.3 is 10.6 Å². The van der Waals surface area contributed by atoms with Crippen molar-refractivity contribution < 1.29 is 0 Å². The summed E-state index contributed by atoms with van der Waals surface area (Å²) in [4.78, 5) is 6.95. The molecule has 0 saturated heterocycles. The SMILES string of the molecule is Cc1ccccc1C1CN=C(N)N1C1CCCCCC1. The Morgan fingerprint density at radius 2 is 1.80 bits per heavy atom. The first-order valence-electron chi connectivity index (χ1n) is 7.91. The van der Waals surface area contributed by atoms with Crippen molar-refractivity contribution in [2.45, 2.75) is 57.5 Å². The smallest absolute Gasteiger partial charge is 0.192 e. The van der Waals surface area contributed by atoms with Crippen molar-refractivity contribution in [3.63, 3.8) is 0 Å². The number of guanidine groups is 1. The Hall–Kier alpha value is -1.51. The van der Waals surface area contributed by atoms with Gasteiger partial charge in [0.25, 0.3) is 0 Å². The van der Waals surface area contributed by atoms with Crippen LogP contribution >= 0.6 is 0 Å².